The Morgan fingerprint density at radius 3 is 2.75 bits per heavy atom. The van der Waals surface area contributed by atoms with Gasteiger partial charge >= 0.3 is 0 Å². The van der Waals surface area contributed by atoms with E-state index in [0.717, 1.165) is 0 Å². The van der Waals surface area contributed by atoms with Crippen LogP contribution >= 0.6 is 27.5 Å². The number of hydrogen-bond acceptors (Lipinski definition) is 3. The molecule has 0 saturated heterocycles. The molecule has 0 aliphatic carbocycles. The Kier molecular flexibility index (Phi) is 2.64. The third-order valence-electron chi connectivity index (χ3n) is 1.32. The largest absolute Gasteiger partial charge is 0.295 e. The summed E-state index contributed by atoms with van der Waals surface area (Å²) in [7, 11) is 0. The van der Waals surface area contributed by atoms with Crippen LogP contribution in [0.15, 0.2) is 10.8 Å². The van der Waals surface area contributed by atoms with Crippen LogP contribution in [0.4, 0.5) is 5.69 Å². The first-order chi connectivity index (χ1) is 5.54. The second kappa shape index (κ2) is 3.37. The van der Waals surface area contributed by atoms with Gasteiger partial charge in [0.15, 0.2) is 5.02 Å². The van der Waals surface area contributed by atoms with E-state index in [0.29, 0.717) is 10.2 Å². The molecule has 0 saturated carbocycles. The maximum atomic E-state index is 10.5. The van der Waals surface area contributed by atoms with Gasteiger partial charge in [-0.2, -0.15) is 0 Å². The van der Waals surface area contributed by atoms with E-state index in [1.807, 2.05) is 0 Å². The van der Waals surface area contributed by atoms with Crippen LogP contribution in [0.25, 0.3) is 0 Å². The third kappa shape index (κ3) is 1.56. The topological polar surface area (TPSA) is 56.0 Å². The van der Waals surface area contributed by atoms with Crippen LogP contribution in [0.3, 0.4) is 0 Å². The van der Waals surface area contributed by atoms with Crippen LogP contribution < -0.4 is 0 Å². The zero-order valence-corrected chi connectivity index (χ0v) is 8.39. The van der Waals surface area contributed by atoms with E-state index in [1.54, 1.807) is 6.92 Å². The molecule has 64 valence electrons. The molecule has 0 amide bonds. The number of rotatable bonds is 1. The Hall–Kier alpha value is -0.680. The Morgan fingerprint density at radius 1 is 1.75 bits per heavy atom. The lowest BCUT2D eigenvalue weighted by Crippen LogP contribution is -1.94. The van der Waals surface area contributed by atoms with Crippen LogP contribution in [0, 0.1) is 17.0 Å². The molecule has 1 aromatic heterocycles. The summed E-state index contributed by atoms with van der Waals surface area (Å²) in [5, 5.41) is 10.5. The molecule has 0 aliphatic rings. The zero-order chi connectivity index (χ0) is 9.30. The van der Waals surface area contributed by atoms with Crippen molar-refractivity contribution < 1.29 is 4.92 Å². The van der Waals surface area contributed by atoms with Crippen molar-refractivity contribution in [3.05, 3.63) is 31.5 Å². The highest BCUT2D eigenvalue weighted by molar-refractivity contribution is 9.10. The Labute approximate surface area is 81.8 Å². The molecule has 0 aromatic carbocycles. The summed E-state index contributed by atoms with van der Waals surface area (Å²) < 4.78 is 0.293. The Bertz CT molecular complexity index is 343. The summed E-state index contributed by atoms with van der Waals surface area (Å²) in [6, 6.07) is 0. The molecular formula is C6H4BrClN2O2. The van der Waals surface area contributed by atoms with E-state index >= 15 is 0 Å². The monoisotopic (exact) mass is 250 g/mol. The van der Waals surface area contributed by atoms with Crippen molar-refractivity contribution in [1.82, 2.24) is 4.98 Å². The minimum atomic E-state index is -0.524. The molecule has 0 radical (unpaired) electrons. The molecule has 0 bridgehead atoms. The molecule has 0 N–H and O–H groups in total. The lowest BCUT2D eigenvalue weighted by atomic mass is 10.3. The molecule has 0 spiro atoms. The minimum absolute atomic E-state index is 0.0417. The van der Waals surface area contributed by atoms with Crippen molar-refractivity contribution >= 4 is 33.2 Å². The molecule has 1 aromatic rings. The van der Waals surface area contributed by atoms with Crippen LogP contribution in [0.1, 0.15) is 5.56 Å². The van der Waals surface area contributed by atoms with Crippen LogP contribution in [-0.2, 0) is 0 Å². The Balaban J connectivity index is 3.43. The fourth-order valence-electron chi connectivity index (χ4n) is 0.766. The van der Waals surface area contributed by atoms with Gasteiger partial charge in [-0.05, 0) is 22.9 Å². The molecule has 12 heavy (non-hydrogen) atoms. The van der Waals surface area contributed by atoms with Crippen molar-refractivity contribution in [3.63, 3.8) is 0 Å². The van der Waals surface area contributed by atoms with Crippen LogP contribution in [-0.4, -0.2) is 9.91 Å². The molecule has 1 heterocycles. The zero-order valence-electron chi connectivity index (χ0n) is 6.04. The summed E-state index contributed by atoms with van der Waals surface area (Å²) in [5.41, 5.74) is 0.353. The number of halogens is 2. The first kappa shape index (κ1) is 9.41. The minimum Gasteiger partial charge on any atom is -0.258 e. The van der Waals surface area contributed by atoms with Gasteiger partial charge in [0.1, 0.15) is 4.60 Å². The lowest BCUT2D eigenvalue weighted by Gasteiger charge is -1.99. The molecule has 0 unspecified atom stereocenters. The SMILES string of the molecule is Cc1cnc(Br)c(Cl)c1[N+](=O)[O-]. The van der Waals surface area contributed by atoms with E-state index in [4.69, 9.17) is 11.6 Å². The number of nitrogens with zero attached hydrogens (tertiary/aromatic N) is 2. The third-order valence-corrected chi connectivity index (χ3v) is 2.50. The van der Waals surface area contributed by atoms with E-state index < -0.39 is 4.92 Å². The molecule has 0 atom stereocenters. The van der Waals surface area contributed by atoms with Crippen molar-refractivity contribution in [3.8, 4) is 0 Å². The summed E-state index contributed by atoms with van der Waals surface area (Å²) in [5.74, 6) is 0. The summed E-state index contributed by atoms with van der Waals surface area (Å²) in [6.45, 7) is 1.59. The second-order valence-electron chi connectivity index (χ2n) is 2.15. The maximum absolute atomic E-state index is 10.5. The van der Waals surface area contributed by atoms with Gasteiger partial charge in [-0.15, -0.1) is 0 Å². The number of hydrogen-bond donors (Lipinski definition) is 0. The smallest absolute Gasteiger partial charge is 0.258 e. The van der Waals surface area contributed by atoms with Gasteiger partial charge in [-0.25, -0.2) is 4.98 Å². The summed E-state index contributed by atoms with van der Waals surface area (Å²) >= 11 is 8.64. The predicted octanol–water partition coefficient (Wildman–Crippen LogP) is 2.71. The molecule has 1 rings (SSSR count). The molecular weight excluding hydrogens is 247 g/mol. The van der Waals surface area contributed by atoms with Gasteiger partial charge in [0, 0.05) is 11.8 Å². The fraction of sp³-hybridized carbons (Fsp3) is 0.167. The van der Waals surface area contributed by atoms with Crippen molar-refractivity contribution in [2.45, 2.75) is 6.92 Å². The maximum Gasteiger partial charge on any atom is 0.295 e. The van der Waals surface area contributed by atoms with E-state index in [-0.39, 0.29) is 10.7 Å². The van der Waals surface area contributed by atoms with E-state index in [2.05, 4.69) is 20.9 Å². The average Bonchev–Trinajstić information content (AvgIpc) is 1.97. The van der Waals surface area contributed by atoms with Gasteiger partial charge in [0.25, 0.3) is 5.69 Å². The van der Waals surface area contributed by atoms with E-state index in [9.17, 15) is 10.1 Å². The van der Waals surface area contributed by atoms with Crippen molar-refractivity contribution in [2.75, 3.05) is 0 Å². The number of aromatic nitrogens is 1. The normalized spacial score (nSPS) is 9.92. The van der Waals surface area contributed by atoms with E-state index in [1.165, 1.54) is 6.20 Å². The van der Waals surface area contributed by atoms with Crippen LogP contribution in [0.5, 0.6) is 0 Å². The highest BCUT2D eigenvalue weighted by atomic mass is 79.9. The van der Waals surface area contributed by atoms with Gasteiger partial charge in [-0.1, -0.05) is 11.6 Å². The van der Waals surface area contributed by atoms with Crippen LogP contribution in [0.2, 0.25) is 5.02 Å². The summed E-state index contributed by atoms with van der Waals surface area (Å²) in [4.78, 5) is 13.7. The first-order valence-corrected chi connectivity index (χ1v) is 4.16. The summed E-state index contributed by atoms with van der Waals surface area (Å²) in [6.07, 6.45) is 1.40. The molecule has 6 heteroatoms. The van der Waals surface area contributed by atoms with Crippen molar-refractivity contribution in [1.29, 1.82) is 0 Å². The molecule has 0 aliphatic heterocycles. The van der Waals surface area contributed by atoms with Gasteiger partial charge < -0.3 is 0 Å². The van der Waals surface area contributed by atoms with Gasteiger partial charge in [-0.3, -0.25) is 10.1 Å². The van der Waals surface area contributed by atoms with Crippen molar-refractivity contribution in [2.24, 2.45) is 0 Å². The predicted molar refractivity (Wildman–Crippen MR) is 48.3 cm³/mol. The number of nitro groups is 1. The molecule has 4 nitrogen and oxygen atoms in total. The Morgan fingerprint density at radius 2 is 2.33 bits per heavy atom. The number of pyridine rings is 1. The highest BCUT2D eigenvalue weighted by Crippen LogP contribution is 2.32. The van der Waals surface area contributed by atoms with Gasteiger partial charge in [0.2, 0.25) is 0 Å². The first-order valence-electron chi connectivity index (χ1n) is 2.99. The second-order valence-corrected chi connectivity index (χ2v) is 3.28. The quantitative estimate of drug-likeness (QED) is 0.438. The lowest BCUT2D eigenvalue weighted by molar-refractivity contribution is -0.385. The number of aryl methyl sites for hydroxylation is 1. The molecule has 0 fully saturated rings. The average molecular weight is 251 g/mol. The standard InChI is InChI=1S/C6H4BrClN2O2/c1-3-2-9-6(7)4(8)5(3)10(11)12/h2H,1H3. The highest BCUT2D eigenvalue weighted by Gasteiger charge is 2.18. The fourth-order valence-corrected chi connectivity index (χ4v) is 1.32. The van der Waals surface area contributed by atoms with Gasteiger partial charge in [0.05, 0.1) is 4.92 Å².